The maximum absolute atomic E-state index is 4.68. The zero-order valence-corrected chi connectivity index (χ0v) is 6.61. The first-order valence-corrected chi connectivity index (χ1v) is 2.78. The molecular weight excluding hydrogens is 141 g/mol. The van der Waals surface area contributed by atoms with E-state index >= 15 is 0 Å². The molecule has 0 aromatic heterocycles. The van der Waals surface area contributed by atoms with E-state index in [2.05, 4.69) is 21.4 Å². The van der Waals surface area contributed by atoms with E-state index in [1.807, 2.05) is 0 Å². The third kappa shape index (κ3) is 24.4. The average Bonchev–Trinajstić information content (AvgIpc) is 0.918. The second-order valence-electron chi connectivity index (χ2n) is 0.0583. The van der Waals surface area contributed by atoms with Gasteiger partial charge in [-0.05, 0) is 21.4 Å². The van der Waals surface area contributed by atoms with Gasteiger partial charge in [0.05, 0.1) is 10.2 Å². The molecule has 0 saturated heterocycles. The molecule has 0 aliphatic heterocycles. The van der Waals surface area contributed by atoms with Crippen LogP contribution in [0.1, 0.15) is 0 Å². The number of halogens is 2. The molecule has 0 spiro atoms. The van der Waals surface area contributed by atoms with Crippen molar-refractivity contribution in [3.05, 3.63) is 0 Å². The van der Waals surface area contributed by atoms with Gasteiger partial charge in [-0.3, -0.25) is 0 Å². The molecule has 0 saturated carbocycles. The van der Waals surface area contributed by atoms with E-state index in [0.717, 1.165) is 0 Å². The summed E-state index contributed by atoms with van der Waals surface area (Å²) in [6, 6.07) is 0. The molecule has 0 fully saturated rings. The molecule has 0 heterocycles. The van der Waals surface area contributed by atoms with Gasteiger partial charge in [0.15, 0.2) is 0 Å². The summed E-state index contributed by atoms with van der Waals surface area (Å²) in [5, 5.41) is 0. The third-order valence-corrected chi connectivity index (χ3v) is 0. The van der Waals surface area contributed by atoms with Gasteiger partial charge in [0.1, 0.15) is 0 Å². The van der Waals surface area contributed by atoms with Crippen molar-refractivity contribution in [3.8, 4) is 0 Å². The molecule has 29 valence electrons. The molecule has 1 atom stereocenters. The number of hydrogen-bond acceptors (Lipinski definition) is 1. The number of rotatable bonds is 0. The first kappa shape index (κ1) is 15.8. The maximum Gasteiger partial charge on any atom is 0.0523 e. The molecule has 5 heteroatoms. The Morgan fingerprint density at radius 1 is 1.20 bits per heavy atom. The van der Waals surface area contributed by atoms with Crippen molar-refractivity contribution in [2.45, 2.75) is 0 Å². The number of hydrogen-bond donors (Lipinski definition) is 0. The first-order valence-electron chi connectivity index (χ1n) is 0.309. The van der Waals surface area contributed by atoms with Crippen LogP contribution >= 0.6 is 41.5 Å². The summed E-state index contributed by atoms with van der Waals surface area (Å²) in [6.07, 6.45) is 0. The normalized spacial score (nSPS) is 3.60. The van der Waals surface area contributed by atoms with Crippen LogP contribution in [-0.4, -0.2) is 18.9 Å². The zero-order chi connectivity index (χ0) is 2.71. The predicted octanol–water partition coefficient (Wildman–Crippen LogP) is 1.70. The van der Waals surface area contributed by atoms with E-state index in [-0.39, 0.29) is 28.8 Å². The molecule has 0 aliphatic rings. The van der Waals surface area contributed by atoms with Crippen LogP contribution in [0, 0.1) is 0 Å². The van der Waals surface area contributed by atoms with Crippen LogP contribution in [0.5, 0.6) is 0 Å². The molecule has 0 amide bonds. The Labute approximate surface area is 60.2 Å². The Morgan fingerprint density at radius 2 is 1.20 bits per heavy atom. The topological polar surface area (TPSA) is 0 Å². The predicted molar refractivity (Wildman–Crippen MR) is 36.2 cm³/mol. The van der Waals surface area contributed by atoms with Crippen LogP contribution in [0.3, 0.4) is 0 Å². The van der Waals surface area contributed by atoms with E-state index in [0.29, 0.717) is 10.2 Å². The van der Waals surface area contributed by atoms with Crippen molar-refractivity contribution >= 4 is 60.3 Å². The molecule has 0 aromatic rings. The molecule has 0 bridgehead atoms. The van der Waals surface area contributed by atoms with E-state index in [1.54, 1.807) is 0 Å². The van der Waals surface area contributed by atoms with Crippen LogP contribution < -0.4 is 0 Å². The minimum atomic E-state index is 0. The van der Waals surface area contributed by atoms with Gasteiger partial charge < -0.3 is 0 Å². The third-order valence-electron chi connectivity index (χ3n) is 0. The van der Waals surface area contributed by atoms with Gasteiger partial charge in [0.25, 0.3) is 0 Å². The summed E-state index contributed by atoms with van der Waals surface area (Å²) >= 11 is 0. The Kier molecular flexibility index (Phi) is 52.8. The molecule has 0 rings (SSSR count). The monoisotopic (exact) mass is 143 g/mol. The Morgan fingerprint density at radius 3 is 1.20 bits per heavy atom. The molecule has 0 aromatic carbocycles. The first-order chi connectivity index (χ1) is 1.41. The van der Waals surface area contributed by atoms with Crippen molar-refractivity contribution < 1.29 is 0 Å². The van der Waals surface area contributed by atoms with Crippen LogP contribution in [0.15, 0.2) is 0 Å². The van der Waals surface area contributed by atoms with Gasteiger partial charge in [0.2, 0.25) is 0 Å². The summed E-state index contributed by atoms with van der Waals surface area (Å²) in [5.41, 5.74) is 0. The van der Waals surface area contributed by atoms with Gasteiger partial charge in [-0.25, -0.2) is 0 Å². The molecule has 5 heavy (non-hydrogen) atoms. The maximum atomic E-state index is 4.68. The van der Waals surface area contributed by atoms with Crippen molar-refractivity contribution in [2.75, 3.05) is 0 Å². The van der Waals surface area contributed by atoms with E-state index in [9.17, 15) is 0 Å². The molecule has 0 aliphatic carbocycles. The Balaban J connectivity index is -0.0000000200. The van der Waals surface area contributed by atoms with Gasteiger partial charge >= 0.3 is 0 Å². The van der Waals surface area contributed by atoms with Gasteiger partial charge in [-0.2, -0.15) is 9.90 Å². The standard InChI is InChI=1S/Cl2S.Li.H3P/c1-3-2;;/h;;1H3. The molecule has 0 nitrogen and oxygen atoms in total. The molecular formula is H3Cl2LiPS. The van der Waals surface area contributed by atoms with Crippen LogP contribution in [0.4, 0.5) is 0 Å². The van der Waals surface area contributed by atoms with E-state index in [1.165, 1.54) is 0 Å². The zero-order valence-electron chi connectivity index (χ0n) is 2.87. The SMILES string of the molecule is ClSCl.P.[Li]. The van der Waals surface area contributed by atoms with Gasteiger partial charge in [-0.1, -0.05) is 0 Å². The molecule has 0 N–H and O–H groups in total. The summed E-state index contributed by atoms with van der Waals surface area (Å²) in [5.74, 6) is 0. The average molecular weight is 144 g/mol. The quantitative estimate of drug-likeness (QED) is 0.368. The van der Waals surface area contributed by atoms with Crippen LogP contribution in [0.2, 0.25) is 0 Å². The fourth-order valence-electron chi connectivity index (χ4n) is 0. The van der Waals surface area contributed by atoms with Gasteiger partial charge in [-0.15, -0.1) is 0 Å². The smallest absolute Gasteiger partial charge is 0.0523 e. The molecule has 1 unspecified atom stereocenters. The van der Waals surface area contributed by atoms with Crippen molar-refractivity contribution in [3.63, 3.8) is 0 Å². The van der Waals surface area contributed by atoms with E-state index < -0.39 is 0 Å². The van der Waals surface area contributed by atoms with Crippen LogP contribution in [-0.2, 0) is 0 Å². The molecule has 1 radical (unpaired) electrons. The van der Waals surface area contributed by atoms with Crippen molar-refractivity contribution in [1.82, 2.24) is 0 Å². The van der Waals surface area contributed by atoms with E-state index in [4.69, 9.17) is 0 Å². The largest absolute Gasteiger partial charge is 0.153 e. The summed E-state index contributed by atoms with van der Waals surface area (Å²) in [6.45, 7) is 0. The Bertz CT molecular complexity index is 9.61. The van der Waals surface area contributed by atoms with Gasteiger partial charge in [0, 0.05) is 18.9 Å². The summed E-state index contributed by atoms with van der Waals surface area (Å²) in [4.78, 5) is 0. The van der Waals surface area contributed by atoms with Crippen LogP contribution in [0.25, 0.3) is 0 Å². The fourth-order valence-corrected chi connectivity index (χ4v) is 0. The fraction of sp³-hybridized carbons (Fsp3) is 0. The second-order valence-corrected chi connectivity index (χ2v) is 1.57. The van der Waals surface area contributed by atoms with Crippen molar-refractivity contribution in [2.24, 2.45) is 0 Å². The summed E-state index contributed by atoms with van der Waals surface area (Å²) in [7, 11) is 10.1. The second kappa shape index (κ2) is 16.7. The Hall–Kier alpha value is 1.96. The van der Waals surface area contributed by atoms with Crippen molar-refractivity contribution in [1.29, 1.82) is 0 Å². The minimum absolute atomic E-state index is 0. The summed E-state index contributed by atoms with van der Waals surface area (Å²) < 4.78 is 0. The minimum Gasteiger partial charge on any atom is -0.153 e.